The maximum Gasteiger partial charge on any atom is 0.228 e. The van der Waals surface area contributed by atoms with E-state index in [1.54, 1.807) is 36.6 Å². The molecule has 1 saturated carbocycles. The number of piperidine rings is 1. The minimum atomic E-state index is 0.00168. The normalized spacial score (nSPS) is 19.8. The maximum atomic E-state index is 12.7. The van der Waals surface area contributed by atoms with Gasteiger partial charge >= 0.3 is 0 Å². The number of anilines is 1. The van der Waals surface area contributed by atoms with Crippen LogP contribution in [0, 0.1) is 18.3 Å². The average Bonchev–Trinajstić information content (AvgIpc) is 3.24. The second kappa shape index (κ2) is 7.95. The topological polar surface area (TPSA) is 71.5 Å². The van der Waals surface area contributed by atoms with Crippen molar-refractivity contribution in [3.63, 3.8) is 0 Å². The molecule has 6 nitrogen and oxygen atoms in total. The molecule has 1 aliphatic carbocycles. The number of nitrogens with one attached hydrogen (secondary N) is 1. The van der Waals surface area contributed by atoms with E-state index in [0.29, 0.717) is 36.0 Å². The zero-order chi connectivity index (χ0) is 20.6. The standard InChI is InChI=1S/C21H24ClN3O3S/c1-13-23-15(12-29-13)10-19(26)25-7-5-21(6-8-25)11-16(21)20(27)24-14-3-4-18(28-2)17(22)9-14/h3-4,9,12,16H,5-8,10-11H2,1-2H3,(H,24,27). The van der Waals surface area contributed by atoms with E-state index < -0.39 is 0 Å². The van der Waals surface area contributed by atoms with Crippen molar-refractivity contribution in [1.82, 2.24) is 9.88 Å². The molecule has 1 N–H and O–H groups in total. The van der Waals surface area contributed by atoms with Gasteiger partial charge in [0.25, 0.3) is 0 Å². The SMILES string of the molecule is COc1ccc(NC(=O)C2CC23CCN(C(=O)Cc2csc(C)n2)CC3)cc1Cl. The zero-order valence-corrected chi connectivity index (χ0v) is 18.1. The van der Waals surface area contributed by atoms with Crippen LogP contribution in [0.25, 0.3) is 0 Å². The van der Waals surface area contributed by atoms with E-state index in [1.807, 2.05) is 17.2 Å². The van der Waals surface area contributed by atoms with Gasteiger partial charge in [0.1, 0.15) is 5.75 Å². The average molecular weight is 434 g/mol. The quantitative estimate of drug-likeness (QED) is 0.775. The predicted molar refractivity (Wildman–Crippen MR) is 114 cm³/mol. The first-order valence-electron chi connectivity index (χ1n) is 9.73. The van der Waals surface area contributed by atoms with Gasteiger partial charge in [-0.2, -0.15) is 0 Å². The van der Waals surface area contributed by atoms with Crippen molar-refractivity contribution in [3.05, 3.63) is 39.3 Å². The van der Waals surface area contributed by atoms with E-state index in [9.17, 15) is 9.59 Å². The highest BCUT2D eigenvalue weighted by Gasteiger charge is 2.58. The number of nitrogens with zero attached hydrogens (tertiary/aromatic N) is 2. The third-order valence-electron chi connectivity index (χ3n) is 6.04. The predicted octanol–water partition coefficient (Wildman–Crippen LogP) is 3.92. The summed E-state index contributed by atoms with van der Waals surface area (Å²) in [7, 11) is 1.56. The fourth-order valence-electron chi connectivity index (χ4n) is 4.20. The summed E-state index contributed by atoms with van der Waals surface area (Å²) >= 11 is 7.71. The van der Waals surface area contributed by atoms with Crippen LogP contribution in [0.15, 0.2) is 23.6 Å². The lowest BCUT2D eigenvalue weighted by atomic mass is 9.90. The monoisotopic (exact) mass is 433 g/mol. The van der Waals surface area contributed by atoms with Gasteiger partial charge in [0.15, 0.2) is 0 Å². The van der Waals surface area contributed by atoms with Gasteiger partial charge in [-0.05, 0) is 49.8 Å². The van der Waals surface area contributed by atoms with E-state index >= 15 is 0 Å². The number of thiazole rings is 1. The van der Waals surface area contributed by atoms with Crippen LogP contribution in [0.3, 0.4) is 0 Å². The Morgan fingerprint density at radius 2 is 2.14 bits per heavy atom. The maximum absolute atomic E-state index is 12.7. The second-order valence-corrected chi connectivity index (χ2v) is 9.34. The highest BCUT2D eigenvalue weighted by molar-refractivity contribution is 7.09. The molecule has 0 bridgehead atoms. The van der Waals surface area contributed by atoms with Crippen molar-refractivity contribution in [2.45, 2.75) is 32.6 Å². The molecule has 4 rings (SSSR count). The van der Waals surface area contributed by atoms with Gasteiger partial charge in [0.05, 0.1) is 29.3 Å². The van der Waals surface area contributed by atoms with Crippen molar-refractivity contribution in [1.29, 1.82) is 0 Å². The molecule has 1 aliphatic heterocycles. The molecule has 2 heterocycles. The lowest BCUT2D eigenvalue weighted by Crippen LogP contribution is -2.41. The summed E-state index contributed by atoms with van der Waals surface area (Å²) in [5, 5.41) is 6.37. The Bertz CT molecular complexity index is 937. The number of amides is 2. The Balaban J connectivity index is 1.29. The number of hydrogen-bond donors (Lipinski definition) is 1. The number of rotatable bonds is 5. The van der Waals surface area contributed by atoms with Crippen LogP contribution in [0.5, 0.6) is 5.75 Å². The number of carbonyl (C=O) groups is 2. The van der Waals surface area contributed by atoms with Crippen molar-refractivity contribution in [2.75, 3.05) is 25.5 Å². The number of carbonyl (C=O) groups excluding carboxylic acids is 2. The summed E-state index contributed by atoms with van der Waals surface area (Å²) in [6.45, 7) is 3.36. The van der Waals surface area contributed by atoms with E-state index in [2.05, 4.69) is 10.3 Å². The van der Waals surface area contributed by atoms with Gasteiger partial charge in [-0.15, -0.1) is 11.3 Å². The van der Waals surface area contributed by atoms with Gasteiger partial charge in [0, 0.05) is 30.1 Å². The molecule has 0 radical (unpaired) electrons. The first-order valence-corrected chi connectivity index (χ1v) is 11.0. The van der Waals surface area contributed by atoms with Crippen molar-refractivity contribution < 1.29 is 14.3 Å². The Kier molecular flexibility index (Phi) is 5.53. The number of likely N-dealkylation sites (tertiary alicyclic amines) is 1. The van der Waals surface area contributed by atoms with Crippen LogP contribution in [-0.2, 0) is 16.0 Å². The van der Waals surface area contributed by atoms with E-state index in [1.165, 1.54) is 0 Å². The molecule has 1 unspecified atom stereocenters. The number of ether oxygens (including phenoxy) is 1. The van der Waals surface area contributed by atoms with Crippen LogP contribution in [0.1, 0.15) is 30.0 Å². The number of hydrogen-bond acceptors (Lipinski definition) is 5. The summed E-state index contributed by atoms with van der Waals surface area (Å²) in [6, 6.07) is 5.24. The summed E-state index contributed by atoms with van der Waals surface area (Å²) in [6.07, 6.45) is 2.99. The lowest BCUT2D eigenvalue weighted by molar-refractivity contribution is -0.132. The number of aromatic nitrogens is 1. The van der Waals surface area contributed by atoms with Gasteiger partial charge in [-0.3, -0.25) is 9.59 Å². The van der Waals surface area contributed by atoms with Crippen LogP contribution in [0.2, 0.25) is 5.02 Å². The number of aryl methyl sites for hydroxylation is 1. The van der Waals surface area contributed by atoms with Crippen LogP contribution >= 0.6 is 22.9 Å². The van der Waals surface area contributed by atoms with Crippen LogP contribution in [-0.4, -0.2) is 41.9 Å². The Morgan fingerprint density at radius 3 is 2.76 bits per heavy atom. The summed E-state index contributed by atoms with van der Waals surface area (Å²) in [5.74, 6) is 0.739. The third-order valence-corrected chi connectivity index (χ3v) is 7.15. The molecule has 1 atom stereocenters. The van der Waals surface area contributed by atoms with E-state index in [-0.39, 0.29) is 23.1 Å². The zero-order valence-electron chi connectivity index (χ0n) is 16.5. The summed E-state index contributed by atoms with van der Waals surface area (Å²) in [5.41, 5.74) is 1.56. The van der Waals surface area contributed by atoms with Crippen molar-refractivity contribution >= 4 is 40.4 Å². The fourth-order valence-corrected chi connectivity index (χ4v) is 5.07. The molecular weight excluding hydrogens is 410 g/mol. The molecule has 8 heteroatoms. The van der Waals surface area contributed by atoms with Crippen LogP contribution in [0.4, 0.5) is 5.69 Å². The van der Waals surface area contributed by atoms with Gasteiger partial charge in [-0.1, -0.05) is 11.6 Å². The Morgan fingerprint density at radius 1 is 1.38 bits per heavy atom. The molecule has 1 spiro atoms. The molecule has 1 saturated heterocycles. The van der Waals surface area contributed by atoms with Crippen molar-refractivity contribution in [3.8, 4) is 5.75 Å². The largest absolute Gasteiger partial charge is 0.495 e. The number of halogens is 1. The first-order chi connectivity index (χ1) is 13.9. The van der Waals surface area contributed by atoms with Crippen molar-refractivity contribution in [2.24, 2.45) is 11.3 Å². The smallest absolute Gasteiger partial charge is 0.228 e. The number of benzene rings is 1. The Labute approximate surface area is 179 Å². The molecule has 1 aromatic heterocycles. The molecule has 29 heavy (non-hydrogen) atoms. The van der Waals surface area contributed by atoms with Gasteiger partial charge < -0.3 is 15.0 Å². The molecule has 2 aliphatic rings. The molecule has 154 valence electrons. The van der Waals surface area contributed by atoms with Gasteiger partial charge in [-0.25, -0.2) is 4.98 Å². The highest BCUT2D eigenvalue weighted by atomic mass is 35.5. The summed E-state index contributed by atoms with van der Waals surface area (Å²) in [4.78, 5) is 31.5. The molecule has 2 amide bonds. The third kappa shape index (κ3) is 4.26. The molecule has 1 aromatic carbocycles. The number of methoxy groups -OCH3 is 1. The van der Waals surface area contributed by atoms with E-state index in [4.69, 9.17) is 16.3 Å². The van der Waals surface area contributed by atoms with E-state index in [0.717, 1.165) is 30.0 Å². The lowest BCUT2D eigenvalue weighted by Gasteiger charge is -2.32. The first kappa shape index (κ1) is 20.2. The molecule has 2 fully saturated rings. The minimum absolute atomic E-state index is 0.00168. The summed E-state index contributed by atoms with van der Waals surface area (Å²) < 4.78 is 5.14. The molecular formula is C21H24ClN3O3S. The highest BCUT2D eigenvalue weighted by Crippen LogP contribution is 2.59. The van der Waals surface area contributed by atoms with Crippen LogP contribution < -0.4 is 10.1 Å². The fraction of sp³-hybridized carbons (Fsp3) is 0.476. The Hall–Kier alpha value is -2.12. The van der Waals surface area contributed by atoms with Gasteiger partial charge in [0.2, 0.25) is 11.8 Å². The minimum Gasteiger partial charge on any atom is -0.495 e. The second-order valence-electron chi connectivity index (χ2n) is 7.87. The molecule has 2 aromatic rings.